The second kappa shape index (κ2) is 4.86. The van der Waals surface area contributed by atoms with Crippen LogP contribution in [0.3, 0.4) is 0 Å². The number of halogens is 1. The van der Waals surface area contributed by atoms with Crippen molar-refractivity contribution in [3.63, 3.8) is 0 Å². The minimum absolute atomic E-state index is 0.0246. The molecule has 1 aliphatic heterocycles. The Balaban J connectivity index is 3.13. The Morgan fingerprint density at radius 3 is 2.33 bits per heavy atom. The van der Waals surface area contributed by atoms with Gasteiger partial charge >= 0.3 is 0 Å². The van der Waals surface area contributed by atoms with Gasteiger partial charge in [-0.3, -0.25) is 9.59 Å². The van der Waals surface area contributed by atoms with Crippen LogP contribution in [0.1, 0.15) is 41.0 Å². The molecule has 2 amide bonds. The van der Waals surface area contributed by atoms with Crippen LogP contribution < -0.4 is 5.32 Å². The molecule has 1 fully saturated rings. The molecule has 0 aromatic rings. The quantitative estimate of drug-likeness (QED) is 0.834. The molecule has 1 saturated heterocycles. The third-order valence-electron chi connectivity index (χ3n) is 3.74. The number of hydrogen-bond acceptors (Lipinski definition) is 2. The summed E-state index contributed by atoms with van der Waals surface area (Å²) in [6.45, 7) is 8.52. The molecule has 1 N–H and O–H groups in total. The Bertz CT molecular complexity index is 351. The predicted octanol–water partition coefficient (Wildman–Crippen LogP) is 1.50. The maximum Gasteiger partial charge on any atom is 0.246 e. The number of piperazine rings is 1. The average molecular weight is 258 g/mol. The maximum atomic E-state index is 12.7. The summed E-state index contributed by atoms with van der Waals surface area (Å²) in [6.07, 6.45) is 0.474. The Kier molecular flexibility index (Phi) is 4.03. The number of carbonyl (C=O) groups excluding carboxylic acids is 2. The summed E-state index contributed by atoms with van der Waals surface area (Å²) >= 11 is 0. The molecule has 2 unspecified atom stereocenters. The zero-order chi connectivity index (χ0) is 14.1. The van der Waals surface area contributed by atoms with Crippen LogP contribution in [0.2, 0.25) is 0 Å². The van der Waals surface area contributed by atoms with Crippen LogP contribution in [0.4, 0.5) is 4.39 Å². The fourth-order valence-corrected chi connectivity index (χ4v) is 2.25. The first-order valence-electron chi connectivity index (χ1n) is 6.37. The summed E-state index contributed by atoms with van der Waals surface area (Å²) in [5, 5.41) is 2.78. The van der Waals surface area contributed by atoms with E-state index in [0.717, 1.165) is 0 Å². The maximum absolute atomic E-state index is 12.7. The van der Waals surface area contributed by atoms with E-state index in [-0.39, 0.29) is 23.8 Å². The van der Waals surface area contributed by atoms with Gasteiger partial charge in [0, 0.05) is 0 Å². The van der Waals surface area contributed by atoms with Gasteiger partial charge in [-0.1, -0.05) is 27.7 Å². The van der Waals surface area contributed by atoms with Gasteiger partial charge in [0.15, 0.2) is 0 Å². The van der Waals surface area contributed by atoms with E-state index < -0.39 is 18.3 Å². The van der Waals surface area contributed by atoms with Crippen molar-refractivity contribution >= 4 is 11.8 Å². The van der Waals surface area contributed by atoms with Crippen molar-refractivity contribution in [3.05, 3.63) is 0 Å². The summed E-state index contributed by atoms with van der Waals surface area (Å²) in [6, 6.07) is -0.587. The van der Waals surface area contributed by atoms with Gasteiger partial charge in [0.1, 0.15) is 18.3 Å². The van der Waals surface area contributed by atoms with E-state index in [4.69, 9.17) is 0 Å². The minimum Gasteiger partial charge on any atom is -0.342 e. The number of nitrogens with one attached hydrogen (secondary N) is 1. The van der Waals surface area contributed by atoms with Gasteiger partial charge in [0.25, 0.3) is 0 Å². The lowest BCUT2D eigenvalue weighted by atomic mass is 9.80. The second-order valence-electron chi connectivity index (χ2n) is 6.08. The highest BCUT2D eigenvalue weighted by Crippen LogP contribution is 2.31. The SMILES string of the molecule is CCC1(C)C(=O)NC(C(C)(C)C)C(=O)N1CCF. The Morgan fingerprint density at radius 2 is 1.94 bits per heavy atom. The third-order valence-corrected chi connectivity index (χ3v) is 3.74. The predicted molar refractivity (Wildman–Crippen MR) is 67.8 cm³/mol. The Labute approximate surface area is 108 Å². The number of hydrogen-bond donors (Lipinski definition) is 1. The van der Waals surface area contributed by atoms with E-state index in [9.17, 15) is 14.0 Å². The molecule has 1 aliphatic rings. The molecule has 0 radical (unpaired) electrons. The lowest BCUT2D eigenvalue weighted by Gasteiger charge is -2.48. The van der Waals surface area contributed by atoms with Gasteiger partial charge in [0.2, 0.25) is 11.8 Å². The summed E-state index contributed by atoms with van der Waals surface area (Å²) < 4.78 is 12.7. The first-order valence-corrected chi connectivity index (χ1v) is 6.37. The number of amides is 2. The van der Waals surface area contributed by atoms with Crippen LogP contribution in [-0.2, 0) is 9.59 Å². The summed E-state index contributed by atoms with van der Waals surface area (Å²) in [5.74, 6) is -0.387. The topological polar surface area (TPSA) is 49.4 Å². The van der Waals surface area contributed by atoms with Gasteiger partial charge in [-0.25, -0.2) is 4.39 Å². The molecule has 1 rings (SSSR count). The number of nitrogens with zero attached hydrogens (tertiary/aromatic N) is 1. The van der Waals surface area contributed by atoms with Crippen molar-refractivity contribution < 1.29 is 14.0 Å². The Hall–Kier alpha value is -1.13. The smallest absolute Gasteiger partial charge is 0.246 e. The van der Waals surface area contributed by atoms with E-state index in [0.29, 0.717) is 6.42 Å². The van der Waals surface area contributed by atoms with Crippen molar-refractivity contribution in [2.45, 2.75) is 52.6 Å². The molecule has 0 aromatic carbocycles. The zero-order valence-corrected chi connectivity index (χ0v) is 11.8. The van der Waals surface area contributed by atoms with Crippen molar-refractivity contribution in [1.29, 1.82) is 0 Å². The second-order valence-corrected chi connectivity index (χ2v) is 6.08. The molecule has 1 heterocycles. The molecule has 0 bridgehead atoms. The largest absolute Gasteiger partial charge is 0.342 e. The third kappa shape index (κ3) is 2.35. The summed E-state index contributed by atoms with van der Waals surface area (Å²) in [5.41, 5.74) is -1.32. The zero-order valence-electron chi connectivity index (χ0n) is 11.8. The molecule has 18 heavy (non-hydrogen) atoms. The van der Waals surface area contributed by atoms with Gasteiger partial charge in [-0.05, 0) is 18.8 Å². The molecule has 5 heteroatoms. The van der Waals surface area contributed by atoms with E-state index in [1.807, 2.05) is 27.7 Å². The Morgan fingerprint density at radius 1 is 1.39 bits per heavy atom. The molecule has 104 valence electrons. The molecular weight excluding hydrogens is 235 g/mol. The summed E-state index contributed by atoms with van der Waals surface area (Å²) in [4.78, 5) is 26.0. The van der Waals surface area contributed by atoms with Gasteiger partial charge < -0.3 is 10.2 Å². The van der Waals surface area contributed by atoms with Gasteiger partial charge in [-0.15, -0.1) is 0 Å². The fraction of sp³-hybridized carbons (Fsp3) is 0.846. The van der Waals surface area contributed by atoms with Crippen LogP contribution in [-0.4, -0.2) is 41.5 Å². The highest BCUT2D eigenvalue weighted by Gasteiger charge is 2.50. The van der Waals surface area contributed by atoms with Crippen molar-refractivity contribution in [2.24, 2.45) is 5.41 Å². The van der Waals surface area contributed by atoms with E-state index in [1.165, 1.54) is 4.90 Å². The molecule has 0 spiro atoms. The average Bonchev–Trinajstić information content (AvgIpc) is 2.27. The molecule has 0 aromatic heterocycles. The molecule has 0 aliphatic carbocycles. The van der Waals surface area contributed by atoms with E-state index >= 15 is 0 Å². The highest BCUT2D eigenvalue weighted by molar-refractivity contribution is 5.99. The van der Waals surface area contributed by atoms with Gasteiger partial charge in [-0.2, -0.15) is 0 Å². The minimum atomic E-state index is -0.940. The van der Waals surface area contributed by atoms with Crippen LogP contribution in [0.15, 0.2) is 0 Å². The van der Waals surface area contributed by atoms with Gasteiger partial charge in [0.05, 0.1) is 6.54 Å². The van der Waals surface area contributed by atoms with E-state index in [1.54, 1.807) is 6.92 Å². The first-order chi connectivity index (χ1) is 8.18. The standard InChI is InChI=1S/C13H23FN2O2/c1-6-13(5)11(18)15-9(12(2,3)4)10(17)16(13)8-7-14/h9H,6-8H2,1-5H3,(H,15,18). The molecule has 4 nitrogen and oxygen atoms in total. The van der Waals surface area contributed by atoms with Crippen molar-refractivity contribution in [3.8, 4) is 0 Å². The lowest BCUT2D eigenvalue weighted by Crippen LogP contribution is -2.71. The lowest BCUT2D eigenvalue weighted by molar-refractivity contribution is -0.160. The first kappa shape index (κ1) is 14.9. The van der Waals surface area contributed by atoms with Crippen molar-refractivity contribution in [2.75, 3.05) is 13.2 Å². The number of carbonyl (C=O) groups is 2. The van der Waals surface area contributed by atoms with Crippen molar-refractivity contribution in [1.82, 2.24) is 10.2 Å². The molecule has 2 atom stereocenters. The van der Waals surface area contributed by atoms with Crippen LogP contribution in [0.25, 0.3) is 0 Å². The fourth-order valence-electron chi connectivity index (χ4n) is 2.25. The number of alkyl halides is 1. The normalized spacial score (nSPS) is 29.4. The van der Waals surface area contributed by atoms with Crippen LogP contribution >= 0.6 is 0 Å². The highest BCUT2D eigenvalue weighted by atomic mass is 19.1. The van der Waals surface area contributed by atoms with Crippen LogP contribution in [0, 0.1) is 5.41 Å². The molecular formula is C13H23FN2O2. The van der Waals surface area contributed by atoms with E-state index in [2.05, 4.69) is 5.32 Å². The summed E-state index contributed by atoms with van der Waals surface area (Å²) in [7, 11) is 0. The monoisotopic (exact) mass is 258 g/mol. The van der Waals surface area contributed by atoms with Crippen LogP contribution in [0.5, 0.6) is 0 Å². The number of rotatable bonds is 3. The molecule has 0 saturated carbocycles.